The number of non-ortho nitro benzene ring substituents is 1. The van der Waals surface area contributed by atoms with E-state index in [2.05, 4.69) is 5.32 Å². The molecule has 6 heteroatoms. The molecule has 0 amide bonds. The van der Waals surface area contributed by atoms with Gasteiger partial charge in [-0.05, 0) is 31.4 Å². The highest BCUT2D eigenvalue weighted by Crippen LogP contribution is 2.21. The van der Waals surface area contributed by atoms with Crippen molar-refractivity contribution in [3.8, 4) is 0 Å². The summed E-state index contributed by atoms with van der Waals surface area (Å²) >= 11 is 0. The molecular weight excluding hydrogens is 260 g/mol. The van der Waals surface area contributed by atoms with Crippen molar-refractivity contribution in [2.75, 3.05) is 11.9 Å². The van der Waals surface area contributed by atoms with Gasteiger partial charge in [-0.3, -0.25) is 14.9 Å². The van der Waals surface area contributed by atoms with Crippen molar-refractivity contribution >= 4 is 17.3 Å². The smallest absolute Gasteiger partial charge is 0.303 e. The lowest BCUT2D eigenvalue weighted by Gasteiger charge is -2.09. The molecule has 0 aromatic heterocycles. The van der Waals surface area contributed by atoms with Gasteiger partial charge >= 0.3 is 5.97 Å². The highest BCUT2D eigenvalue weighted by Gasteiger charge is 2.07. The van der Waals surface area contributed by atoms with Gasteiger partial charge in [0, 0.05) is 30.8 Å². The summed E-state index contributed by atoms with van der Waals surface area (Å²) < 4.78 is 0. The SMILES string of the molecule is Cc1cc([N+](=O)[O-])ccc1NCCCCCCC(=O)O. The van der Waals surface area contributed by atoms with E-state index >= 15 is 0 Å². The summed E-state index contributed by atoms with van der Waals surface area (Å²) in [6.45, 7) is 2.62. The number of unbranched alkanes of at least 4 members (excludes halogenated alkanes) is 3. The Kier molecular flexibility index (Phi) is 6.49. The first-order valence-electron chi connectivity index (χ1n) is 6.71. The number of nitrogens with zero attached hydrogens (tertiary/aromatic N) is 1. The first-order chi connectivity index (χ1) is 9.50. The van der Waals surface area contributed by atoms with Crippen LogP contribution in [0.5, 0.6) is 0 Å². The minimum atomic E-state index is -0.746. The van der Waals surface area contributed by atoms with Crippen molar-refractivity contribution in [1.82, 2.24) is 0 Å². The Morgan fingerprint density at radius 3 is 2.60 bits per heavy atom. The molecule has 0 radical (unpaired) electrons. The topological polar surface area (TPSA) is 92.5 Å². The summed E-state index contributed by atoms with van der Waals surface area (Å²) in [5, 5.41) is 22.4. The summed E-state index contributed by atoms with van der Waals surface area (Å²) in [6.07, 6.45) is 3.79. The molecule has 1 aromatic rings. The monoisotopic (exact) mass is 280 g/mol. The molecule has 0 heterocycles. The van der Waals surface area contributed by atoms with Crippen molar-refractivity contribution < 1.29 is 14.8 Å². The Bertz CT molecular complexity index is 474. The number of nitro benzene ring substituents is 1. The van der Waals surface area contributed by atoms with Crippen LogP contribution >= 0.6 is 0 Å². The lowest BCUT2D eigenvalue weighted by Crippen LogP contribution is -2.03. The number of nitrogens with one attached hydrogen (secondary N) is 1. The van der Waals surface area contributed by atoms with E-state index in [1.165, 1.54) is 6.07 Å². The van der Waals surface area contributed by atoms with E-state index in [-0.39, 0.29) is 12.1 Å². The first-order valence-corrected chi connectivity index (χ1v) is 6.71. The average molecular weight is 280 g/mol. The minimum absolute atomic E-state index is 0.0988. The van der Waals surface area contributed by atoms with Crippen LogP contribution in [-0.4, -0.2) is 22.5 Å². The summed E-state index contributed by atoms with van der Waals surface area (Å²) in [5.41, 5.74) is 1.85. The fourth-order valence-corrected chi connectivity index (χ4v) is 1.94. The van der Waals surface area contributed by atoms with Gasteiger partial charge in [-0.2, -0.15) is 0 Å². The highest BCUT2D eigenvalue weighted by molar-refractivity contribution is 5.66. The zero-order valence-electron chi connectivity index (χ0n) is 11.6. The number of benzene rings is 1. The molecule has 0 aliphatic rings. The highest BCUT2D eigenvalue weighted by atomic mass is 16.6. The van der Waals surface area contributed by atoms with Crippen molar-refractivity contribution in [2.24, 2.45) is 0 Å². The fraction of sp³-hybridized carbons (Fsp3) is 0.500. The number of aryl methyl sites for hydroxylation is 1. The summed E-state index contributed by atoms with van der Waals surface area (Å²) in [5.74, 6) is -0.746. The van der Waals surface area contributed by atoms with Crippen LogP contribution in [0.25, 0.3) is 0 Å². The molecule has 0 atom stereocenters. The van der Waals surface area contributed by atoms with E-state index in [1.54, 1.807) is 12.1 Å². The van der Waals surface area contributed by atoms with E-state index < -0.39 is 10.9 Å². The normalized spacial score (nSPS) is 10.2. The van der Waals surface area contributed by atoms with Gasteiger partial charge in [0.2, 0.25) is 0 Å². The average Bonchev–Trinajstić information content (AvgIpc) is 2.38. The second-order valence-corrected chi connectivity index (χ2v) is 4.74. The second-order valence-electron chi connectivity index (χ2n) is 4.74. The third-order valence-corrected chi connectivity index (χ3v) is 3.05. The van der Waals surface area contributed by atoms with Crippen molar-refractivity contribution in [2.45, 2.75) is 39.0 Å². The van der Waals surface area contributed by atoms with Crippen molar-refractivity contribution in [3.05, 3.63) is 33.9 Å². The van der Waals surface area contributed by atoms with Gasteiger partial charge in [0.15, 0.2) is 0 Å². The summed E-state index contributed by atoms with van der Waals surface area (Å²) in [6, 6.07) is 4.76. The number of hydrogen-bond acceptors (Lipinski definition) is 4. The van der Waals surface area contributed by atoms with Crippen LogP contribution in [-0.2, 0) is 4.79 Å². The molecule has 6 nitrogen and oxygen atoms in total. The van der Waals surface area contributed by atoms with Crippen LogP contribution in [0.15, 0.2) is 18.2 Å². The molecule has 0 unspecified atom stereocenters. The molecule has 0 aliphatic heterocycles. The second kappa shape index (κ2) is 8.14. The number of rotatable bonds is 9. The van der Waals surface area contributed by atoms with Crippen LogP contribution < -0.4 is 5.32 Å². The van der Waals surface area contributed by atoms with Gasteiger partial charge in [0.1, 0.15) is 0 Å². The summed E-state index contributed by atoms with van der Waals surface area (Å²) in [7, 11) is 0. The number of carbonyl (C=O) groups is 1. The van der Waals surface area contributed by atoms with Crippen LogP contribution in [0.1, 0.15) is 37.7 Å². The Hall–Kier alpha value is -2.11. The summed E-state index contributed by atoms with van der Waals surface area (Å²) in [4.78, 5) is 20.5. The Morgan fingerprint density at radius 1 is 1.30 bits per heavy atom. The van der Waals surface area contributed by atoms with E-state index in [0.717, 1.165) is 37.1 Å². The van der Waals surface area contributed by atoms with Crippen molar-refractivity contribution in [1.29, 1.82) is 0 Å². The van der Waals surface area contributed by atoms with Gasteiger partial charge in [0.05, 0.1) is 4.92 Å². The Morgan fingerprint density at radius 2 is 2.00 bits per heavy atom. The number of aliphatic carboxylic acids is 1. The van der Waals surface area contributed by atoms with Crippen LogP contribution in [0, 0.1) is 17.0 Å². The maximum atomic E-state index is 10.6. The van der Waals surface area contributed by atoms with E-state index in [4.69, 9.17) is 5.11 Å². The van der Waals surface area contributed by atoms with Crippen molar-refractivity contribution in [3.63, 3.8) is 0 Å². The van der Waals surface area contributed by atoms with Gasteiger partial charge in [-0.15, -0.1) is 0 Å². The zero-order chi connectivity index (χ0) is 15.0. The van der Waals surface area contributed by atoms with Crippen LogP contribution in [0.3, 0.4) is 0 Å². The third-order valence-electron chi connectivity index (χ3n) is 3.05. The maximum Gasteiger partial charge on any atom is 0.303 e. The van der Waals surface area contributed by atoms with Crippen LogP contribution in [0.4, 0.5) is 11.4 Å². The van der Waals surface area contributed by atoms with E-state index in [1.807, 2.05) is 6.92 Å². The molecule has 0 fully saturated rings. The standard InChI is InChI=1S/C14H20N2O4/c1-11-10-12(16(19)20)7-8-13(11)15-9-5-3-2-4-6-14(17)18/h7-8,10,15H,2-6,9H2,1H3,(H,17,18). The van der Waals surface area contributed by atoms with Gasteiger partial charge < -0.3 is 10.4 Å². The number of carboxylic acids is 1. The molecule has 110 valence electrons. The lowest BCUT2D eigenvalue weighted by molar-refractivity contribution is -0.384. The van der Waals surface area contributed by atoms with Gasteiger partial charge in [-0.1, -0.05) is 12.8 Å². The Balaban J connectivity index is 2.25. The molecule has 0 saturated carbocycles. The number of anilines is 1. The first kappa shape index (κ1) is 15.9. The number of carboxylic acid groups (broad SMARTS) is 1. The predicted molar refractivity (Wildman–Crippen MR) is 77.0 cm³/mol. The van der Waals surface area contributed by atoms with Gasteiger partial charge in [-0.25, -0.2) is 0 Å². The van der Waals surface area contributed by atoms with E-state index in [9.17, 15) is 14.9 Å². The molecular formula is C14H20N2O4. The maximum absolute atomic E-state index is 10.6. The number of hydrogen-bond donors (Lipinski definition) is 2. The fourth-order valence-electron chi connectivity index (χ4n) is 1.94. The third kappa shape index (κ3) is 5.69. The predicted octanol–water partition coefficient (Wildman–Crippen LogP) is 3.35. The van der Waals surface area contributed by atoms with E-state index in [0.29, 0.717) is 6.42 Å². The lowest BCUT2D eigenvalue weighted by atomic mass is 10.1. The molecule has 0 bridgehead atoms. The molecule has 0 saturated heterocycles. The van der Waals surface area contributed by atoms with Gasteiger partial charge in [0.25, 0.3) is 5.69 Å². The molecule has 2 N–H and O–H groups in total. The molecule has 0 spiro atoms. The minimum Gasteiger partial charge on any atom is -0.481 e. The Labute approximate surface area is 118 Å². The van der Waals surface area contributed by atoms with Crippen LogP contribution in [0.2, 0.25) is 0 Å². The largest absolute Gasteiger partial charge is 0.481 e. The molecule has 0 aliphatic carbocycles. The zero-order valence-corrected chi connectivity index (χ0v) is 11.6. The molecule has 1 rings (SSSR count). The molecule has 20 heavy (non-hydrogen) atoms. The molecule has 1 aromatic carbocycles. The number of nitro groups is 1. The quantitative estimate of drug-likeness (QED) is 0.411.